The van der Waals surface area contributed by atoms with E-state index in [1.807, 2.05) is 36.4 Å². The quantitative estimate of drug-likeness (QED) is 0.491. The Labute approximate surface area is 176 Å². The van der Waals surface area contributed by atoms with Gasteiger partial charge in [0.25, 0.3) is 0 Å². The Morgan fingerprint density at radius 1 is 0.967 bits per heavy atom. The van der Waals surface area contributed by atoms with Crippen molar-refractivity contribution in [3.05, 3.63) is 90.0 Å². The van der Waals surface area contributed by atoms with Crippen LogP contribution < -0.4 is 11.1 Å². The predicted octanol–water partition coefficient (Wildman–Crippen LogP) is 4.81. The highest BCUT2D eigenvalue weighted by atomic mass is 16.1. The summed E-state index contributed by atoms with van der Waals surface area (Å²) in [6.45, 7) is 0.879. The number of aromatic nitrogens is 1. The molecule has 30 heavy (non-hydrogen) atoms. The summed E-state index contributed by atoms with van der Waals surface area (Å²) in [5.41, 5.74) is 11.8. The number of nitrogens with one attached hydrogen (secondary N) is 1. The van der Waals surface area contributed by atoms with Crippen molar-refractivity contribution >= 4 is 28.2 Å². The van der Waals surface area contributed by atoms with Gasteiger partial charge in [0.1, 0.15) is 0 Å². The van der Waals surface area contributed by atoms with Crippen molar-refractivity contribution in [2.45, 2.75) is 6.54 Å². The number of hydrogen-bond donors (Lipinski definition) is 2. The normalized spacial score (nSPS) is 11.0. The Hall–Kier alpha value is -3.70. The van der Waals surface area contributed by atoms with Gasteiger partial charge < -0.3 is 16.0 Å². The number of primary amides is 1. The molecule has 1 aromatic heterocycles. The minimum atomic E-state index is -0.437. The van der Waals surface area contributed by atoms with Gasteiger partial charge in [-0.1, -0.05) is 42.5 Å². The maximum Gasteiger partial charge on any atom is 0.248 e. The maximum absolute atomic E-state index is 11.4. The lowest BCUT2D eigenvalue weighted by Crippen LogP contribution is -2.10. The number of benzene rings is 3. The number of rotatable bonds is 6. The van der Waals surface area contributed by atoms with Crippen molar-refractivity contribution in [2.75, 3.05) is 19.4 Å². The van der Waals surface area contributed by atoms with Crippen LogP contribution in [0.4, 0.5) is 11.4 Å². The number of carbonyl (C=O) groups is 1. The first-order chi connectivity index (χ1) is 14.5. The molecular formula is C25H24N4O. The van der Waals surface area contributed by atoms with Crippen molar-refractivity contribution in [1.29, 1.82) is 0 Å². The SMILES string of the molecule is CN(C)Cc1cccc(Nc2cc(-c3ccc(C(N)=O)cc3)nc3ccccc23)c1. The monoisotopic (exact) mass is 396 g/mol. The lowest BCUT2D eigenvalue weighted by atomic mass is 10.1. The van der Waals surface area contributed by atoms with Crippen molar-refractivity contribution in [3.8, 4) is 11.3 Å². The van der Waals surface area contributed by atoms with E-state index in [0.717, 1.165) is 40.1 Å². The van der Waals surface area contributed by atoms with E-state index in [1.54, 1.807) is 12.1 Å². The molecule has 0 bridgehead atoms. The largest absolute Gasteiger partial charge is 0.366 e. The van der Waals surface area contributed by atoms with Gasteiger partial charge in [-0.3, -0.25) is 4.79 Å². The highest BCUT2D eigenvalue weighted by molar-refractivity contribution is 5.96. The minimum absolute atomic E-state index is 0.437. The molecule has 0 aliphatic heterocycles. The molecule has 5 nitrogen and oxygen atoms in total. The van der Waals surface area contributed by atoms with Crippen LogP contribution in [0.1, 0.15) is 15.9 Å². The molecule has 150 valence electrons. The second-order valence-electron chi connectivity index (χ2n) is 7.58. The second-order valence-corrected chi connectivity index (χ2v) is 7.58. The molecule has 5 heteroatoms. The average Bonchev–Trinajstić information content (AvgIpc) is 2.73. The number of nitrogens with two attached hydrogens (primary N) is 1. The van der Waals surface area contributed by atoms with E-state index in [2.05, 4.69) is 54.6 Å². The van der Waals surface area contributed by atoms with Crippen LogP contribution in [-0.2, 0) is 6.54 Å². The molecule has 3 N–H and O–H groups in total. The summed E-state index contributed by atoms with van der Waals surface area (Å²) < 4.78 is 0. The van der Waals surface area contributed by atoms with Crippen LogP contribution in [0.2, 0.25) is 0 Å². The molecule has 0 fully saturated rings. The number of pyridine rings is 1. The molecular weight excluding hydrogens is 372 g/mol. The Kier molecular flexibility index (Phi) is 5.46. The third kappa shape index (κ3) is 4.31. The number of carbonyl (C=O) groups excluding carboxylic acids is 1. The van der Waals surface area contributed by atoms with Crippen LogP contribution in [0.15, 0.2) is 78.9 Å². The van der Waals surface area contributed by atoms with Crippen LogP contribution in [-0.4, -0.2) is 29.9 Å². The van der Waals surface area contributed by atoms with Gasteiger partial charge in [-0.2, -0.15) is 0 Å². The first-order valence-electron chi connectivity index (χ1n) is 9.80. The van der Waals surface area contributed by atoms with Gasteiger partial charge in [-0.25, -0.2) is 4.98 Å². The van der Waals surface area contributed by atoms with E-state index in [0.29, 0.717) is 5.56 Å². The van der Waals surface area contributed by atoms with Gasteiger partial charge in [-0.15, -0.1) is 0 Å². The predicted molar refractivity (Wildman–Crippen MR) is 123 cm³/mol. The molecule has 0 saturated heterocycles. The molecule has 0 spiro atoms. The van der Waals surface area contributed by atoms with Gasteiger partial charge in [-0.05, 0) is 56.1 Å². The van der Waals surface area contributed by atoms with Gasteiger partial charge >= 0.3 is 0 Å². The van der Waals surface area contributed by atoms with Crippen LogP contribution in [0.3, 0.4) is 0 Å². The Morgan fingerprint density at radius 2 is 1.73 bits per heavy atom. The van der Waals surface area contributed by atoms with Crippen LogP contribution in [0.25, 0.3) is 22.2 Å². The molecule has 0 unspecified atom stereocenters. The Balaban J connectivity index is 1.75. The summed E-state index contributed by atoms with van der Waals surface area (Å²) in [7, 11) is 4.12. The summed E-state index contributed by atoms with van der Waals surface area (Å²) in [5, 5.41) is 4.62. The van der Waals surface area contributed by atoms with E-state index in [9.17, 15) is 4.79 Å². The summed E-state index contributed by atoms with van der Waals surface area (Å²) in [6.07, 6.45) is 0. The van der Waals surface area contributed by atoms with E-state index < -0.39 is 5.91 Å². The van der Waals surface area contributed by atoms with Gasteiger partial charge in [0.2, 0.25) is 5.91 Å². The lowest BCUT2D eigenvalue weighted by Gasteiger charge is -2.14. The molecule has 1 heterocycles. The summed E-state index contributed by atoms with van der Waals surface area (Å²) in [5.74, 6) is -0.437. The highest BCUT2D eigenvalue weighted by Gasteiger charge is 2.09. The molecule has 3 aromatic carbocycles. The lowest BCUT2D eigenvalue weighted by molar-refractivity contribution is 0.100. The summed E-state index contributed by atoms with van der Waals surface area (Å²) in [4.78, 5) is 18.3. The minimum Gasteiger partial charge on any atom is -0.366 e. The molecule has 0 aliphatic carbocycles. The van der Waals surface area contributed by atoms with Crippen molar-refractivity contribution < 1.29 is 4.79 Å². The zero-order chi connectivity index (χ0) is 21.1. The van der Waals surface area contributed by atoms with E-state index in [-0.39, 0.29) is 0 Å². The zero-order valence-corrected chi connectivity index (χ0v) is 17.1. The first kappa shape index (κ1) is 19.6. The zero-order valence-electron chi connectivity index (χ0n) is 17.1. The van der Waals surface area contributed by atoms with Gasteiger partial charge in [0.05, 0.1) is 16.9 Å². The highest BCUT2D eigenvalue weighted by Crippen LogP contribution is 2.31. The van der Waals surface area contributed by atoms with E-state index >= 15 is 0 Å². The molecule has 0 aliphatic rings. The topological polar surface area (TPSA) is 71.2 Å². The van der Waals surface area contributed by atoms with Crippen molar-refractivity contribution in [3.63, 3.8) is 0 Å². The molecule has 1 amide bonds. The first-order valence-corrected chi connectivity index (χ1v) is 9.80. The number of fused-ring (bicyclic) bond motifs is 1. The van der Waals surface area contributed by atoms with Crippen molar-refractivity contribution in [1.82, 2.24) is 9.88 Å². The number of anilines is 2. The van der Waals surface area contributed by atoms with E-state index in [4.69, 9.17) is 10.7 Å². The third-order valence-corrected chi connectivity index (χ3v) is 4.89. The second kappa shape index (κ2) is 8.35. The smallest absolute Gasteiger partial charge is 0.248 e. The van der Waals surface area contributed by atoms with Gasteiger partial charge in [0, 0.05) is 28.7 Å². The molecule has 0 saturated carbocycles. The van der Waals surface area contributed by atoms with Crippen molar-refractivity contribution in [2.24, 2.45) is 5.73 Å². The van der Waals surface area contributed by atoms with Crippen LogP contribution >= 0.6 is 0 Å². The maximum atomic E-state index is 11.4. The fourth-order valence-corrected chi connectivity index (χ4v) is 3.50. The summed E-state index contributed by atoms with van der Waals surface area (Å²) >= 11 is 0. The third-order valence-electron chi connectivity index (χ3n) is 4.89. The fourth-order valence-electron chi connectivity index (χ4n) is 3.50. The Morgan fingerprint density at radius 3 is 2.47 bits per heavy atom. The number of hydrogen-bond acceptors (Lipinski definition) is 4. The molecule has 4 aromatic rings. The van der Waals surface area contributed by atoms with Crippen LogP contribution in [0, 0.1) is 0 Å². The molecule has 4 rings (SSSR count). The van der Waals surface area contributed by atoms with Gasteiger partial charge in [0.15, 0.2) is 0 Å². The molecule has 0 radical (unpaired) electrons. The van der Waals surface area contributed by atoms with Crippen LogP contribution in [0.5, 0.6) is 0 Å². The number of para-hydroxylation sites is 1. The standard InChI is InChI=1S/C25H24N4O/c1-29(2)16-17-6-5-7-20(14-17)27-24-15-23(28-22-9-4-3-8-21(22)24)18-10-12-19(13-11-18)25(26)30/h3-15H,16H2,1-2H3,(H2,26,30)(H,27,28). The number of nitrogens with zero attached hydrogens (tertiary/aromatic N) is 2. The Bertz CT molecular complexity index is 1200. The average molecular weight is 396 g/mol. The molecule has 0 atom stereocenters. The summed E-state index contributed by atoms with van der Waals surface area (Å²) in [6, 6.07) is 25.7. The fraction of sp³-hybridized carbons (Fsp3) is 0.120. The van der Waals surface area contributed by atoms with E-state index in [1.165, 1.54) is 5.56 Å². The number of amides is 1.